The van der Waals surface area contributed by atoms with E-state index in [1.807, 2.05) is 6.07 Å². The topological polar surface area (TPSA) is 59.2 Å². The minimum absolute atomic E-state index is 0.0634. The monoisotopic (exact) mass is 365 g/mol. The summed E-state index contributed by atoms with van der Waals surface area (Å²) >= 11 is 8.13. The summed E-state index contributed by atoms with van der Waals surface area (Å²) in [5.74, 6) is -0.281. The molecule has 1 aromatic rings. The first kappa shape index (κ1) is 12.9. The number of rotatable bonds is 2. The van der Waals surface area contributed by atoms with Crippen molar-refractivity contribution < 1.29 is 4.79 Å². The first-order valence-corrected chi connectivity index (χ1v) is 6.89. The standard InChI is InChI=1S/C11H13ClIN3O/c12-10-4-9(8(13)5-15-10)16-3-1-2-7(6-16)11(14)17/h4-5,7H,1-3,6H2,(H2,14,17)/t7-/m1/s1. The highest BCUT2D eigenvalue weighted by molar-refractivity contribution is 14.1. The highest BCUT2D eigenvalue weighted by atomic mass is 127. The first-order chi connectivity index (χ1) is 8.08. The van der Waals surface area contributed by atoms with Crippen molar-refractivity contribution in [2.75, 3.05) is 18.0 Å². The molecule has 0 spiro atoms. The maximum absolute atomic E-state index is 11.2. The summed E-state index contributed by atoms with van der Waals surface area (Å²) in [6, 6.07) is 1.84. The van der Waals surface area contributed by atoms with Gasteiger partial charge in [-0.05, 0) is 41.5 Å². The number of hydrogen-bond donors (Lipinski definition) is 1. The highest BCUT2D eigenvalue weighted by Gasteiger charge is 2.25. The molecule has 17 heavy (non-hydrogen) atoms. The van der Waals surface area contributed by atoms with Crippen LogP contribution in [0.2, 0.25) is 5.15 Å². The summed E-state index contributed by atoms with van der Waals surface area (Å²) in [5.41, 5.74) is 6.41. The zero-order valence-electron chi connectivity index (χ0n) is 9.20. The smallest absolute Gasteiger partial charge is 0.222 e. The molecule has 0 unspecified atom stereocenters. The van der Waals surface area contributed by atoms with Gasteiger partial charge in [0.2, 0.25) is 5.91 Å². The van der Waals surface area contributed by atoms with Crippen LogP contribution in [0, 0.1) is 9.49 Å². The molecule has 1 atom stereocenters. The van der Waals surface area contributed by atoms with E-state index in [0.29, 0.717) is 11.7 Å². The van der Waals surface area contributed by atoms with E-state index < -0.39 is 0 Å². The molecule has 1 aromatic heterocycles. The molecular formula is C11H13ClIN3O. The minimum atomic E-state index is -0.218. The summed E-state index contributed by atoms with van der Waals surface area (Å²) in [6.45, 7) is 1.60. The van der Waals surface area contributed by atoms with Crippen LogP contribution in [0.4, 0.5) is 5.69 Å². The number of aromatic nitrogens is 1. The number of halogens is 2. The van der Waals surface area contributed by atoms with Crippen molar-refractivity contribution in [2.24, 2.45) is 11.7 Å². The number of anilines is 1. The number of primary amides is 1. The van der Waals surface area contributed by atoms with Crippen LogP contribution in [-0.2, 0) is 4.79 Å². The van der Waals surface area contributed by atoms with Gasteiger partial charge in [0.1, 0.15) is 5.15 Å². The van der Waals surface area contributed by atoms with Crippen molar-refractivity contribution >= 4 is 45.8 Å². The quantitative estimate of drug-likeness (QED) is 0.644. The second-order valence-corrected chi connectivity index (χ2v) is 5.70. The normalized spacial score (nSPS) is 20.4. The number of piperidine rings is 1. The Morgan fingerprint density at radius 2 is 2.41 bits per heavy atom. The van der Waals surface area contributed by atoms with Gasteiger partial charge in [-0.25, -0.2) is 4.98 Å². The van der Waals surface area contributed by atoms with E-state index in [9.17, 15) is 4.79 Å². The Kier molecular flexibility index (Phi) is 4.09. The molecule has 0 aromatic carbocycles. The van der Waals surface area contributed by atoms with Crippen molar-refractivity contribution in [3.63, 3.8) is 0 Å². The molecule has 1 amide bonds. The Morgan fingerprint density at radius 3 is 3.12 bits per heavy atom. The molecular weight excluding hydrogens is 352 g/mol. The van der Waals surface area contributed by atoms with E-state index in [4.69, 9.17) is 17.3 Å². The second kappa shape index (κ2) is 5.39. The summed E-state index contributed by atoms with van der Waals surface area (Å²) in [7, 11) is 0. The predicted molar refractivity (Wildman–Crippen MR) is 76.1 cm³/mol. The van der Waals surface area contributed by atoms with E-state index in [1.165, 1.54) is 0 Å². The molecule has 1 saturated heterocycles. The molecule has 2 N–H and O–H groups in total. The largest absolute Gasteiger partial charge is 0.370 e. The number of hydrogen-bond acceptors (Lipinski definition) is 3. The van der Waals surface area contributed by atoms with E-state index >= 15 is 0 Å². The number of amides is 1. The van der Waals surface area contributed by atoms with Crippen LogP contribution in [0.3, 0.4) is 0 Å². The van der Waals surface area contributed by atoms with Gasteiger partial charge in [0.25, 0.3) is 0 Å². The molecule has 0 aliphatic carbocycles. The zero-order valence-corrected chi connectivity index (χ0v) is 12.1. The number of carbonyl (C=O) groups is 1. The Labute approximate surface area is 119 Å². The fraction of sp³-hybridized carbons (Fsp3) is 0.455. The van der Waals surface area contributed by atoms with Crippen molar-refractivity contribution in [3.05, 3.63) is 21.0 Å². The van der Waals surface area contributed by atoms with Crippen LogP contribution in [0.25, 0.3) is 0 Å². The van der Waals surface area contributed by atoms with E-state index in [2.05, 4.69) is 32.5 Å². The lowest BCUT2D eigenvalue weighted by atomic mass is 9.97. The molecule has 0 bridgehead atoms. The van der Waals surface area contributed by atoms with Gasteiger partial charge in [0.15, 0.2) is 0 Å². The molecule has 1 aliphatic heterocycles. The summed E-state index contributed by atoms with van der Waals surface area (Å²) < 4.78 is 1.04. The van der Waals surface area contributed by atoms with Crippen molar-refractivity contribution in [1.82, 2.24) is 4.98 Å². The van der Waals surface area contributed by atoms with E-state index in [0.717, 1.165) is 28.6 Å². The highest BCUT2D eigenvalue weighted by Crippen LogP contribution is 2.28. The Morgan fingerprint density at radius 1 is 1.65 bits per heavy atom. The lowest BCUT2D eigenvalue weighted by Gasteiger charge is -2.33. The zero-order chi connectivity index (χ0) is 12.4. The molecule has 2 heterocycles. The predicted octanol–water partition coefficient (Wildman–Crippen LogP) is 2.04. The maximum atomic E-state index is 11.2. The molecule has 0 radical (unpaired) electrons. The Hall–Kier alpha value is -0.560. The summed E-state index contributed by atoms with van der Waals surface area (Å²) in [6.07, 6.45) is 3.59. The third-order valence-corrected chi connectivity index (χ3v) is 4.00. The number of nitrogens with two attached hydrogens (primary N) is 1. The fourth-order valence-electron chi connectivity index (χ4n) is 2.07. The van der Waals surface area contributed by atoms with Gasteiger partial charge in [0.05, 0.1) is 15.2 Å². The van der Waals surface area contributed by atoms with Gasteiger partial charge in [-0.2, -0.15) is 0 Å². The van der Waals surface area contributed by atoms with Crippen molar-refractivity contribution in [1.29, 1.82) is 0 Å². The van der Waals surface area contributed by atoms with Gasteiger partial charge in [-0.3, -0.25) is 4.79 Å². The van der Waals surface area contributed by atoms with Crippen molar-refractivity contribution in [3.8, 4) is 0 Å². The van der Waals surface area contributed by atoms with Crippen LogP contribution >= 0.6 is 34.2 Å². The van der Waals surface area contributed by atoms with Crippen LogP contribution in [-0.4, -0.2) is 24.0 Å². The maximum Gasteiger partial charge on any atom is 0.222 e. The summed E-state index contributed by atoms with van der Waals surface area (Å²) in [5, 5.41) is 0.474. The molecule has 1 aliphatic rings. The molecule has 6 heteroatoms. The average Bonchev–Trinajstić information content (AvgIpc) is 2.32. The van der Waals surface area contributed by atoms with Gasteiger partial charge in [0, 0.05) is 19.3 Å². The molecule has 1 fully saturated rings. The minimum Gasteiger partial charge on any atom is -0.370 e. The molecule has 0 saturated carbocycles. The van der Waals surface area contributed by atoms with Gasteiger partial charge in [-0.15, -0.1) is 0 Å². The van der Waals surface area contributed by atoms with Crippen LogP contribution in [0.1, 0.15) is 12.8 Å². The van der Waals surface area contributed by atoms with Crippen LogP contribution in [0.5, 0.6) is 0 Å². The fourth-order valence-corrected chi connectivity index (χ4v) is 2.86. The van der Waals surface area contributed by atoms with Gasteiger partial charge in [-0.1, -0.05) is 11.6 Å². The van der Waals surface area contributed by atoms with E-state index in [-0.39, 0.29) is 11.8 Å². The summed E-state index contributed by atoms with van der Waals surface area (Å²) in [4.78, 5) is 17.4. The lowest BCUT2D eigenvalue weighted by molar-refractivity contribution is -0.122. The Balaban J connectivity index is 2.21. The van der Waals surface area contributed by atoms with E-state index in [1.54, 1.807) is 6.20 Å². The van der Waals surface area contributed by atoms with Gasteiger partial charge < -0.3 is 10.6 Å². The third kappa shape index (κ3) is 3.01. The molecule has 92 valence electrons. The van der Waals surface area contributed by atoms with Crippen molar-refractivity contribution in [2.45, 2.75) is 12.8 Å². The average molecular weight is 366 g/mol. The SMILES string of the molecule is NC(=O)[C@@H]1CCCN(c2cc(Cl)ncc2I)C1. The van der Waals surface area contributed by atoms with Crippen LogP contribution in [0.15, 0.2) is 12.3 Å². The van der Waals surface area contributed by atoms with Crippen LogP contribution < -0.4 is 10.6 Å². The number of pyridine rings is 1. The molecule has 2 rings (SSSR count). The lowest BCUT2D eigenvalue weighted by Crippen LogP contribution is -2.41. The number of nitrogens with zero attached hydrogens (tertiary/aromatic N) is 2. The second-order valence-electron chi connectivity index (χ2n) is 4.15. The third-order valence-electron chi connectivity index (χ3n) is 2.97. The number of carbonyl (C=O) groups excluding carboxylic acids is 1. The first-order valence-electron chi connectivity index (χ1n) is 5.43. The molecule has 4 nitrogen and oxygen atoms in total. The Bertz CT molecular complexity index is 441. The van der Waals surface area contributed by atoms with Gasteiger partial charge >= 0.3 is 0 Å².